The summed E-state index contributed by atoms with van der Waals surface area (Å²) >= 11 is 8.40. The van der Waals surface area contributed by atoms with Gasteiger partial charge in [0.25, 0.3) is 0 Å². The zero-order valence-electron chi connectivity index (χ0n) is 7.89. The highest BCUT2D eigenvalue weighted by Gasteiger charge is 2.09. The van der Waals surface area contributed by atoms with Gasteiger partial charge in [-0.05, 0) is 24.3 Å². The number of thiol groups is 2. The predicted octanol–water partition coefficient (Wildman–Crippen LogP) is 1.67. The van der Waals surface area contributed by atoms with Gasteiger partial charge >= 0.3 is 0 Å². The van der Waals surface area contributed by atoms with Crippen LogP contribution >= 0.6 is 25.3 Å². The molecule has 0 aromatic heterocycles. The SMILES string of the molecule is SCCCN1C=CN(CCCS)C1. The van der Waals surface area contributed by atoms with E-state index >= 15 is 0 Å². The Hall–Kier alpha value is 0.0400. The van der Waals surface area contributed by atoms with Crippen molar-refractivity contribution in [2.24, 2.45) is 0 Å². The summed E-state index contributed by atoms with van der Waals surface area (Å²) in [6.07, 6.45) is 6.66. The molecule has 0 aromatic carbocycles. The van der Waals surface area contributed by atoms with Crippen LogP contribution in [0.5, 0.6) is 0 Å². The number of hydrogen-bond acceptors (Lipinski definition) is 4. The summed E-state index contributed by atoms with van der Waals surface area (Å²) in [5, 5.41) is 0. The second-order valence-electron chi connectivity index (χ2n) is 3.22. The maximum Gasteiger partial charge on any atom is 0.0893 e. The first-order valence-electron chi connectivity index (χ1n) is 4.75. The Kier molecular flexibility index (Phi) is 5.55. The van der Waals surface area contributed by atoms with E-state index < -0.39 is 0 Å². The molecule has 0 N–H and O–H groups in total. The minimum absolute atomic E-state index is 0.973. The molecule has 2 nitrogen and oxygen atoms in total. The molecular weight excluding hydrogens is 200 g/mol. The monoisotopic (exact) mass is 218 g/mol. The van der Waals surface area contributed by atoms with E-state index in [1.807, 2.05) is 0 Å². The fourth-order valence-electron chi connectivity index (χ4n) is 1.35. The average molecular weight is 218 g/mol. The largest absolute Gasteiger partial charge is 0.359 e. The summed E-state index contributed by atoms with van der Waals surface area (Å²) in [4.78, 5) is 4.66. The van der Waals surface area contributed by atoms with E-state index in [2.05, 4.69) is 47.5 Å². The molecule has 0 saturated carbocycles. The molecule has 0 saturated heterocycles. The van der Waals surface area contributed by atoms with E-state index in [9.17, 15) is 0 Å². The van der Waals surface area contributed by atoms with E-state index in [4.69, 9.17) is 0 Å². The molecule has 1 aliphatic heterocycles. The van der Waals surface area contributed by atoms with Gasteiger partial charge in [-0.2, -0.15) is 25.3 Å². The Balaban J connectivity index is 2.10. The van der Waals surface area contributed by atoms with Crippen molar-refractivity contribution in [2.45, 2.75) is 12.8 Å². The van der Waals surface area contributed by atoms with Crippen molar-refractivity contribution in [1.29, 1.82) is 0 Å². The van der Waals surface area contributed by atoms with Crippen LogP contribution < -0.4 is 0 Å². The zero-order valence-corrected chi connectivity index (χ0v) is 9.68. The molecule has 0 unspecified atom stereocenters. The third kappa shape index (κ3) is 4.18. The van der Waals surface area contributed by atoms with Gasteiger partial charge in [-0.25, -0.2) is 0 Å². The van der Waals surface area contributed by atoms with Gasteiger partial charge in [0.1, 0.15) is 0 Å². The molecule has 0 bridgehead atoms. The van der Waals surface area contributed by atoms with Crippen molar-refractivity contribution >= 4 is 25.3 Å². The van der Waals surface area contributed by atoms with Crippen LogP contribution in [-0.2, 0) is 0 Å². The molecule has 1 rings (SSSR count). The Morgan fingerprint density at radius 1 is 0.923 bits per heavy atom. The van der Waals surface area contributed by atoms with Gasteiger partial charge < -0.3 is 9.80 Å². The van der Waals surface area contributed by atoms with Crippen molar-refractivity contribution in [1.82, 2.24) is 9.80 Å². The topological polar surface area (TPSA) is 6.48 Å². The molecule has 0 aromatic rings. The normalized spacial score (nSPS) is 15.8. The Bertz CT molecular complexity index is 146. The average Bonchev–Trinajstić information content (AvgIpc) is 2.59. The summed E-state index contributed by atoms with van der Waals surface area (Å²) in [6.45, 7) is 3.29. The van der Waals surface area contributed by atoms with Crippen molar-refractivity contribution in [3.05, 3.63) is 12.4 Å². The summed E-state index contributed by atoms with van der Waals surface area (Å²) in [6, 6.07) is 0. The van der Waals surface area contributed by atoms with Crippen molar-refractivity contribution in [3.8, 4) is 0 Å². The molecule has 4 heteroatoms. The highest BCUT2D eigenvalue weighted by atomic mass is 32.1. The molecule has 0 spiro atoms. The predicted molar refractivity (Wildman–Crippen MR) is 64.4 cm³/mol. The van der Waals surface area contributed by atoms with Gasteiger partial charge in [-0.1, -0.05) is 0 Å². The number of nitrogens with zero attached hydrogens (tertiary/aromatic N) is 2. The quantitative estimate of drug-likeness (QED) is 0.655. The lowest BCUT2D eigenvalue weighted by atomic mass is 10.4. The first-order chi connectivity index (χ1) is 6.36. The second-order valence-corrected chi connectivity index (χ2v) is 4.11. The zero-order chi connectivity index (χ0) is 9.52. The molecular formula is C9H18N2S2. The van der Waals surface area contributed by atoms with Gasteiger partial charge in [0.15, 0.2) is 0 Å². The molecule has 1 heterocycles. The highest BCUT2D eigenvalue weighted by Crippen LogP contribution is 2.07. The van der Waals surface area contributed by atoms with Gasteiger partial charge in [0, 0.05) is 25.5 Å². The minimum Gasteiger partial charge on any atom is -0.359 e. The highest BCUT2D eigenvalue weighted by molar-refractivity contribution is 7.80. The maximum absolute atomic E-state index is 4.20. The van der Waals surface area contributed by atoms with Gasteiger partial charge in [-0.15, -0.1) is 0 Å². The summed E-state index contributed by atoms with van der Waals surface area (Å²) in [5.74, 6) is 1.95. The third-order valence-corrected chi connectivity index (χ3v) is 2.69. The number of rotatable bonds is 6. The Morgan fingerprint density at radius 2 is 1.38 bits per heavy atom. The second kappa shape index (κ2) is 6.49. The minimum atomic E-state index is 0.973. The maximum atomic E-state index is 4.20. The van der Waals surface area contributed by atoms with Crippen LogP contribution in [0.15, 0.2) is 12.4 Å². The molecule has 0 radical (unpaired) electrons. The van der Waals surface area contributed by atoms with Crippen LogP contribution in [0.3, 0.4) is 0 Å². The Labute approximate surface area is 91.8 Å². The van der Waals surface area contributed by atoms with Crippen LogP contribution in [0.25, 0.3) is 0 Å². The van der Waals surface area contributed by atoms with Crippen molar-refractivity contribution in [3.63, 3.8) is 0 Å². The standard InChI is InChI=1S/C9H18N2S2/c12-7-1-3-10-5-6-11(9-10)4-2-8-13/h5-6,12-13H,1-4,7-9H2. The van der Waals surface area contributed by atoms with Crippen LogP contribution in [0.2, 0.25) is 0 Å². The van der Waals surface area contributed by atoms with Crippen LogP contribution in [0.4, 0.5) is 0 Å². The Morgan fingerprint density at radius 3 is 1.77 bits per heavy atom. The third-order valence-electron chi connectivity index (χ3n) is 2.06. The fraction of sp³-hybridized carbons (Fsp3) is 0.778. The van der Waals surface area contributed by atoms with E-state index in [1.54, 1.807) is 0 Å². The molecule has 13 heavy (non-hydrogen) atoms. The fourth-order valence-corrected chi connectivity index (χ4v) is 1.64. The molecule has 76 valence electrons. The van der Waals surface area contributed by atoms with Gasteiger partial charge in [0.05, 0.1) is 6.67 Å². The van der Waals surface area contributed by atoms with Gasteiger partial charge in [0.2, 0.25) is 0 Å². The molecule has 0 atom stereocenters. The van der Waals surface area contributed by atoms with Crippen molar-refractivity contribution < 1.29 is 0 Å². The van der Waals surface area contributed by atoms with E-state index in [-0.39, 0.29) is 0 Å². The van der Waals surface area contributed by atoms with E-state index in [0.29, 0.717) is 0 Å². The summed E-state index contributed by atoms with van der Waals surface area (Å²) in [5.41, 5.74) is 0. The molecule has 0 fully saturated rings. The summed E-state index contributed by atoms with van der Waals surface area (Å²) < 4.78 is 0. The van der Waals surface area contributed by atoms with E-state index in [0.717, 1.165) is 44.1 Å². The summed E-state index contributed by atoms with van der Waals surface area (Å²) in [7, 11) is 0. The lowest BCUT2D eigenvalue weighted by Gasteiger charge is -2.20. The van der Waals surface area contributed by atoms with E-state index in [1.165, 1.54) is 0 Å². The van der Waals surface area contributed by atoms with Gasteiger partial charge in [-0.3, -0.25) is 0 Å². The molecule has 0 aliphatic carbocycles. The van der Waals surface area contributed by atoms with Crippen LogP contribution in [-0.4, -0.2) is 41.1 Å². The first kappa shape index (κ1) is 11.1. The number of hydrogen-bond donors (Lipinski definition) is 2. The lowest BCUT2D eigenvalue weighted by molar-refractivity contribution is 0.266. The van der Waals surface area contributed by atoms with Crippen molar-refractivity contribution in [2.75, 3.05) is 31.3 Å². The molecule has 1 aliphatic rings. The van der Waals surface area contributed by atoms with Crippen LogP contribution in [0, 0.1) is 0 Å². The molecule has 0 amide bonds. The smallest absolute Gasteiger partial charge is 0.0893 e. The first-order valence-corrected chi connectivity index (χ1v) is 6.01. The van der Waals surface area contributed by atoms with Crippen LogP contribution in [0.1, 0.15) is 12.8 Å². The lowest BCUT2D eigenvalue weighted by Crippen LogP contribution is -2.27.